The minimum atomic E-state index is -0.120. The van der Waals surface area contributed by atoms with Gasteiger partial charge < -0.3 is 10.8 Å². The molecular formula is C9H15ClN2. The molecule has 2 nitrogen and oxygen atoms in total. The highest BCUT2D eigenvalue weighted by Gasteiger charge is 2.08. The largest absolute Gasteiger partial charge is 0.309 e. The third kappa shape index (κ3) is 3.67. The van der Waals surface area contributed by atoms with Crippen LogP contribution in [0.4, 0.5) is 0 Å². The molecule has 0 aliphatic carbocycles. The van der Waals surface area contributed by atoms with Crippen LogP contribution in [-0.2, 0) is 0 Å². The Morgan fingerprint density at radius 1 is 1.50 bits per heavy atom. The lowest BCUT2D eigenvalue weighted by Crippen LogP contribution is -2.15. The van der Waals surface area contributed by atoms with Gasteiger partial charge in [0.2, 0.25) is 0 Å². The van der Waals surface area contributed by atoms with Gasteiger partial charge in [0.15, 0.2) is 0 Å². The van der Waals surface area contributed by atoms with E-state index in [0.717, 1.165) is 6.42 Å². The predicted octanol–water partition coefficient (Wildman–Crippen LogP) is 3.21. The normalized spacial score (nSPS) is 14.2. The highest BCUT2D eigenvalue weighted by molar-refractivity contribution is 6.31. The predicted molar refractivity (Wildman–Crippen MR) is 54.5 cm³/mol. The molecule has 0 aliphatic heterocycles. The van der Waals surface area contributed by atoms with Crippen molar-refractivity contribution < 1.29 is 0 Å². The molecule has 0 aliphatic rings. The van der Waals surface area contributed by atoms with Crippen molar-refractivity contribution in [3.05, 3.63) is 11.1 Å². The summed E-state index contributed by atoms with van der Waals surface area (Å²) >= 11 is 5.76. The molecule has 1 unspecified atom stereocenters. The van der Waals surface area contributed by atoms with Gasteiger partial charge in [-0.3, -0.25) is 0 Å². The van der Waals surface area contributed by atoms with E-state index in [0.29, 0.717) is 16.5 Å². The summed E-state index contributed by atoms with van der Waals surface area (Å²) in [6.45, 7) is 5.47. The summed E-state index contributed by atoms with van der Waals surface area (Å²) in [7, 11) is 0. The quantitative estimate of drug-likeness (QED) is 0.634. The van der Waals surface area contributed by atoms with Crippen LogP contribution in [0.2, 0.25) is 0 Å². The number of hydrogen-bond donors (Lipinski definition) is 2. The first kappa shape index (κ1) is 11.4. The third-order valence-electron chi connectivity index (χ3n) is 1.77. The van der Waals surface area contributed by atoms with E-state index in [2.05, 4.69) is 0 Å². The van der Waals surface area contributed by atoms with Crippen LogP contribution in [0.1, 0.15) is 27.2 Å². The van der Waals surface area contributed by atoms with Crippen LogP contribution in [0.15, 0.2) is 11.1 Å². The Balaban J connectivity index is 4.32. The van der Waals surface area contributed by atoms with Gasteiger partial charge in [0, 0.05) is 22.4 Å². The Bertz CT molecular complexity index is 219. The van der Waals surface area contributed by atoms with Crippen molar-refractivity contribution in [3.8, 4) is 0 Å². The molecule has 0 saturated carbocycles. The van der Waals surface area contributed by atoms with Crippen molar-refractivity contribution in [3.63, 3.8) is 0 Å². The topological polar surface area (TPSA) is 47.7 Å². The zero-order valence-electron chi connectivity index (χ0n) is 7.74. The Hall–Kier alpha value is -0.630. The molecule has 0 radical (unpaired) electrons. The maximum absolute atomic E-state index is 7.56. The molecule has 3 heteroatoms. The first-order valence-corrected chi connectivity index (χ1v) is 4.36. The zero-order valence-corrected chi connectivity index (χ0v) is 8.50. The van der Waals surface area contributed by atoms with Crippen LogP contribution in [0.3, 0.4) is 0 Å². The van der Waals surface area contributed by atoms with Crippen LogP contribution in [0, 0.1) is 16.7 Å². The summed E-state index contributed by atoms with van der Waals surface area (Å²) in [5.74, 6) is -0.120. The number of nitrogens with one attached hydrogen (secondary N) is 2. The molecule has 0 heterocycles. The summed E-state index contributed by atoms with van der Waals surface area (Å²) < 4.78 is 0. The van der Waals surface area contributed by atoms with Crippen molar-refractivity contribution in [1.29, 1.82) is 10.8 Å². The SMILES string of the molecule is CC/C(Cl)=C\C(=N)C(C)C(C)=N. The smallest absolute Gasteiger partial charge is 0.0409 e. The van der Waals surface area contributed by atoms with Gasteiger partial charge in [-0.1, -0.05) is 25.4 Å². The molecule has 0 aromatic carbocycles. The van der Waals surface area contributed by atoms with Gasteiger partial charge >= 0.3 is 0 Å². The Labute approximate surface area is 78.6 Å². The molecule has 0 aromatic heterocycles. The molecule has 68 valence electrons. The number of allylic oxidation sites excluding steroid dienone is 2. The Morgan fingerprint density at radius 2 is 2.00 bits per heavy atom. The van der Waals surface area contributed by atoms with Gasteiger partial charge in [-0.2, -0.15) is 0 Å². The first-order chi connectivity index (χ1) is 5.49. The fourth-order valence-electron chi connectivity index (χ4n) is 0.629. The maximum Gasteiger partial charge on any atom is 0.0409 e. The number of halogens is 1. The number of rotatable bonds is 4. The highest BCUT2D eigenvalue weighted by Crippen LogP contribution is 2.09. The average molecular weight is 187 g/mol. The summed E-state index contributed by atoms with van der Waals surface area (Å²) in [4.78, 5) is 0. The van der Waals surface area contributed by atoms with Crippen LogP contribution in [-0.4, -0.2) is 11.4 Å². The summed E-state index contributed by atoms with van der Waals surface area (Å²) in [5.41, 5.74) is 0.908. The van der Waals surface area contributed by atoms with Crippen LogP contribution in [0.25, 0.3) is 0 Å². The zero-order chi connectivity index (χ0) is 9.72. The molecule has 2 N–H and O–H groups in total. The van der Waals surface area contributed by atoms with E-state index >= 15 is 0 Å². The summed E-state index contributed by atoms with van der Waals surface area (Å²) in [5, 5.41) is 15.6. The second-order valence-corrected chi connectivity index (χ2v) is 3.29. The van der Waals surface area contributed by atoms with E-state index in [1.54, 1.807) is 13.0 Å². The van der Waals surface area contributed by atoms with Gasteiger partial charge in [0.25, 0.3) is 0 Å². The molecule has 0 saturated heterocycles. The van der Waals surface area contributed by atoms with Gasteiger partial charge in [-0.25, -0.2) is 0 Å². The van der Waals surface area contributed by atoms with E-state index in [-0.39, 0.29) is 5.92 Å². The van der Waals surface area contributed by atoms with Gasteiger partial charge in [-0.15, -0.1) is 0 Å². The average Bonchev–Trinajstić information content (AvgIpc) is 2.02. The summed E-state index contributed by atoms with van der Waals surface area (Å²) in [6.07, 6.45) is 2.37. The van der Waals surface area contributed by atoms with Gasteiger partial charge in [0.05, 0.1) is 0 Å². The van der Waals surface area contributed by atoms with Crippen molar-refractivity contribution >= 4 is 23.0 Å². The maximum atomic E-state index is 7.56. The number of hydrogen-bond acceptors (Lipinski definition) is 2. The lowest BCUT2D eigenvalue weighted by atomic mass is 10.0. The highest BCUT2D eigenvalue weighted by atomic mass is 35.5. The lowest BCUT2D eigenvalue weighted by Gasteiger charge is -2.07. The third-order valence-corrected chi connectivity index (χ3v) is 2.14. The van der Waals surface area contributed by atoms with Gasteiger partial charge in [-0.05, 0) is 19.4 Å². The standard InChI is InChI=1S/C9H15ClN2/c1-4-8(10)5-9(12)6(2)7(3)11/h5-6,11-12H,4H2,1-3H3/b8-5+,11-7?,12-9?. The molecule has 0 amide bonds. The van der Waals surface area contributed by atoms with Crippen molar-refractivity contribution in [2.24, 2.45) is 5.92 Å². The van der Waals surface area contributed by atoms with E-state index in [1.807, 2.05) is 13.8 Å². The van der Waals surface area contributed by atoms with Crippen molar-refractivity contribution in [2.75, 3.05) is 0 Å². The first-order valence-electron chi connectivity index (χ1n) is 3.98. The van der Waals surface area contributed by atoms with E-state index < -0.39 is 0 Å². The minimum absolute atomic E-state index is 0.120. The molecule has 0 fully saturated rings. The monoisotopic (exact) mass is 186 g/mol. The van der Waals surface area contributed by atoms with E-state index in [4.69, 9.17) is 22.4 Å². The van der Waals surface area contributed by atoms with E-state index in [9.17, 15) is 0 Å². The van der Waals surface area contributed by atoms with Crippen molar-refractivity contribution in [2.45, 2.75) is 27.2 Å². The second-order valence-electron chi connectivity index (χ2n) is 2.80. The fraction of sp³-hybridized carbons (Fsp3) is 0.556. The molecule has 0 rings (SSSR count). The van der Waals surface area contributed by atoms with E-state index in [1.165, 1.54) is 0 Å². The second kappa shape index (κ2) is 5.09. The Kier molecular flexibility index (Phi) is 4.83. The summed E-state index contributed by atoms with van der Waals surface area (Å²) in [6, 6.07) is 0. The molecule has 0 bridgehead atoms. The van der Waals surface area contributed by atoms with Crippen LogP contribution in [0.5, 0.6) is 0 Å². The van der Waals surface area contributed by atoms with Gasteiger partial charge in [0.1, 0.15) is 0 Å². The van der Waals surface area contributed by atoms with Crippen LogP contribution >= 0.6 is 11.6 Å². The molecule has 1 atom stereocenters. The molecule has 12 heavy (non-hydrogen) atoms. The molecular weight excluding hydrogens is 172 g/mol. The molecule has 0 aromatic rings. The minimum Gasteiger partial charge on any atom is -0.309 e. The Morgan fingerprint density at radius 3 is 2.33 bits per heavy atom. The fourth-order valence-corrected chi connectivity index (χ4v) is 0.747. The van der Waals surface area contributed by atoms with Crippen LogP contribution < -0.4 is 0 Å². The lowest BCUT2D eigenvalue weighted by molar-refractivity contribution is 1.02. The molecule has 0 spiro atoms. The van der Waals surface area contributed by atoms with Crippen molar-refractivity contribution in [1.82, 2.24) is 0 Å².